The van der Waals surface area contributed by atoms with Crippen molar-refractivity contribution in [1.29, 1.82) is 0 Å². The Kier molecular flexibility index (Phi) is 5.57. The number of carbonyl (C=O) groups is 3. The highest BCUT2D eigenvalue weighted by Crippen LogP contribution is 2.62. The SMILES string of the molecule is COc1ccc(C(=O)[C@@H]2[C@@H](C(=O)c3ccco3)[C@@]3(C(=O)Nc4ccccc43)[C@H]3c4ccccc4C=CN23)cc1Br. The summed E-state index contributed by atoms with van der Waals surface area (Å²) in [6, 6.07) is 21.9. The Hall–Kier alpha value is -4.43. The number of carbonyl (C=O) groups excluding carboxylic acids is 3. The van der Waals surface area contributed by atoms with Gasteiger partial charge in [-0.25, -0.2) is 0 Å². The van der Waals surface area contributed by atoms with Crippen LogP contribution in [0.5, 0.6) is 5.75 Å². The molecule has 4 atom stereocenters. The molecule has 1 saturated heterocycles. The van der Waals surface area contributed by atoms with Gasteiger partial charge in [-0.05, 0) is 75.1 Å². The zero-order valence-corrected chi connectivity index (χ0v) is 22.9. The lowest BCUT2D eigenvalue weighted by Crippen LogP contribution is -2.49. The number of ketones is 2. The first-order valence-corrected chi connectivity index (χ1v) is 13.7. The van der Waals surface area contributed by atoms with Crippen LogP contribution in [-0.2, 0) is 10.2 Å². The van der Waals surface area contributed by atoms with Crippen molar-refractivity contribution in [2.75, 3.05) is 12.4 Å². The number of nitrogens with zero attached hydrogens (tertiary/aromatic N) is 1. The second kappa shape index (κ2) is 9.06. The number of hydrogen-bond donors (Lipinski definition) is 1. The first-order valence-electron chi connectivity index (χ1n) is 12.9. The molecule has 1 spiro atoms. The van der Waals surface area contributed by atoms with Crippen molar-refractivity contribution in [2.24, 2.45) is 5.92 Å². The molecule has 1 aromatic heterocycles. The molecule has 1 fully saturated rings. The van der Waals surface area contributed by atoms with E-state index in [0.29, 0.717) is 27.0 Å². The number of Topliss-reactive ketones (excluding diaryl/α,β-unsaturated/α-hetero) is 2. The topological polar surface area (TPSA) is 88.9 Å². The molecular formula is C32H23BrN2O5. The zero-order valence-electron chi connectivity index (χ0n) is 21.3. The van der Waals surface area contributed by atoms with Gasteiger partial charge in [0, 0.05) is 17.5 Å². The second-order valence-electron chi connectivity index (χ2n) is 10.1. The number of para-hydroxylation sites is 1. The third-order valence-corrected chi connectivity index (χ3v) is 8.94. The molecule has 0 saturated carbocycles. The fourth-order valence-electron chi connectivity index (χ4n) is 6.73. The number of furan rings is 1. The second-order valence-corrected chi connectivity index (χ2v) is 11.0. The lowest BCUT2D eigenvalue weighted by molar-refractivity contribution is -0.122. The Morgan fingerprint density at radius 1 is 1.00 bits per heavy atom. The number of anilines is 1. The summed E-state index contributed by atoms with van der Waals surface area (Å²) < 4.78 is 11.6. The zero-order chi connectivity index (χ0) is 27.6. The third-order valence-electron chi connectivity index (χ3n) is 8.32. The van der Waals surface area contributed by atoms with Gasteiger partial charge in [0.25, 0.3) is 0 Å². The van der Waals surface area contributed by atoms with Crippen molar-refractivity contribution in [3.8, 4) is 5.75 Å². The van der Waals surface area contributed by atoms with Crippen LogP contribution in [-0.4, -0.2) is 35.5 Å². The number of nitrogens with one attached hydrogen (secondary N) is 1. The van der Waals surface area contributed by atoms with E-state index in [-0.39, 0.29) is 17.5 Å². The molecule has 198 valence electrons. The van der Waals surface area contributed by atoms with Crippen LogP contribution < -0.4 is 10.1 Å². The van der Waals surface area contributed by atoms with Crippen molar-refractivity contribution >= 4 is 45.2 Å². The van der Waals surface area contributed by atoms with Gasteiger partial charge in [-0.3, -0.25) is 14.4 Å². The average molecular weight is 595 g/mol. The lowest BCUT2D eigenvalue weighted by atomic mass is 9.63. The molecule has 3 aliphatic rings. The highest BCUT2D eigenvalue weighted by Gasteiger charge is 2.71. The minimum Gasteiger partial charge on any atom is -0.496 e. The lowest BCUT2D eigenvalue weighted by Gasteiger charge is -2.38. The molecule has 1 amide bonds. The summed E-state index contributed by atoms with van der Waals surface area (Å²) in [4.78, 5) is 45.3. The number of fused-ring (bicyclic) bond motifs is 6. The number of ether oxygens (including phenoxy) is 1. The standard InChI is InChI=1S/C32H23BrN2O5/c1-39-24-13-12-19(17-22(24)33)28(36)27-26(29(37)25-11-6-16-40-25)32(21-9-4-5-10-23(21)34-31(32)38)30-20-8-3-2-7-18(20)14-15-35(27)30/h2-17,26-27,30H,1H3,(H,34,38)/t26-,27-,30+,32+/m0/s1. The number of amides is 1. The number of rotatable bonds is 5. The van der Waals surface area contributed by atoms with E-state index >= 15 is 0 Å². The molecule has 7 rings (SSSR count). The molecule has 0 aliphatic carbocycles. The van der Waals surface area contributed by atoms with Crippen LogP contribution in [0.2, 0.25) is 0 Å². The van der Waals surface area contributed by atoms with E-state index in [1.807, 2.05) is 65.7 Å². The molecule has 3 aromatic carbocycles. The number of benzene rings is 3. The molecule has 3 aliphatic heterocycles. The average Bonchev–Trinajstić information content (AvgIpc) is 3.69. The molecule has 40 heavy (non-hydrogen) atoms. The van der Waals surface area contributed by atoms with Crippen molar-refractivity contribution in [1.82, 2.24) is 4.90 Å². The van der Waals surface area contributed by atoms with E-state index in [1.165, 1.54) is 6.26 Å². The van der Waals surface area contributed by atoms with E-state index in [1.54, 1.807) is 37.4 Å². The van der Waals surface area contributed by atoms with E-state index < -0.39 is 29.2 Å². The van der Waals surface area contributed by atoms with E-state index in [0.717, 1.165) is 11.1 Å². The predicted molar refractivity (Wildman–Crippen MR) is 152 cm³/mol. The Labute approximate surface area is 238 Å². The molecule has 4 aromatic rings. The number of hydrogen-bond acceptors (Lipinski definition) is 6. The fourth-order valence-corrected chi connectivity index (χ4v) is 7.27. The van der Waals surface area contributed by atoms with Crippen LogP contribution in [0, 0.1) is 5.92 Å². The molecule has 1 N–H and O–H groups in total. The minimum absolute atomic E-state index is 0.104. The Morgan fingerprint density at radius 2 is 1.80 bits per heavy atom. The largest absolute Gasteiger partial charge is 0.496 e. The highest BCUT2D eigenvalue weighted by atomic mass is 79.9. The Morgan fingerprint density at radius 3 is 2.58 bits per heavy atom. The third kappa shape index (κ3) is 3.26. The quantitative estimate of drug-likeness (QED) is 0.284. The van der Waals surface area contributed by atoms with Crippen molar-refractivity contribution in [3.05, 3.63) is 124 Å². The van der Waals surface area contributed by atoms with Gasteiger partial charge in [-0.15, -0.1) is 0 Å². The summed E-state index contributed by atoms with van der Waals surface area (Å²) in [6.45, 7) is 0. The van der Waals surface area contributed by atoms with E-state index in [2.05, 4.69) is 21.2 Å². The van der Waals surface area contributed by atoms with Gasteiger partial charge in [0.15, 0.2) is 11.5 Å². The molecule has 0 unspecified atom stereocenters. The van der Waals surface area contributed by atoms with Crippen molar-refractivity contribution in [3.63, 3.8) is 0 Å². The van der Waals surface area contributed by atoms with Crippen LogP contribution in [0.1, 0.15) is 43.6 Å². The maximum absolute atomic E-state index is 14.6. The smallest absolute Gasteiger partial charge is 0.238 e. The summed E-state index contributed by atoms with van der Waals surface area (Å²) in [5, 5.41) is 3.04. The van der Waals surface area contributed by atoms with Crippen LogP contribution in [0.15, 0.2) is 100 Å². The highest BCUT2D eigenvalue weighted by molar-refractivity contribution is 9.10. The van der Waals surface area contributed by atoms with E-state index in [4.69, 9.17) is 9.15 Å². The van der Waals surface area contributed by atoms with Gasteiger partial charge in [0.1, 0.15) is 17.2 Å². The van der Waals surface area contributed by atoms with Crippen LogP contribution in [0.25, 0.3) is 6.08 Å². The summed E-state index contributed by atoms with van der Waals surface area (Å²) in [7, 11) is 1.55. The van der Waals surface area contributed by atoms with Gasteiger partial charge >= 0.3 is 0 Å². The van der Waals surface area contributed by atoms with Crippen LogP contribution >= 0.6 is 15.9 Å². The Bertz CT molecular complexity index is 1730. The maximum atomic E-state index is 14.6. The normalized spacial score (nSPS) is 23.9. The van der Waals surface area contributed by atoms with Gasteiger partial charge in [-0.2, -0.15) is 0 Å². The molecule has 8 heteroatoms. The fraction of sp³-hybridized carbons (Fsp3) is 0.156. The van der Waals surface area contributed by atoms with Crippen molar-refractivity contribution < 1.29 is 23.5 Å². The molecule has 7 nitrogen and oxygen atoms in total. The van der Waals surface area contributed by atoms with Gasteiger partial charge in [0.05, 0.1) is 29.8 Å². The van der Waals surface area contributed by atoms with Crippen molar-refractivity contribution in [2.45, 2.75) is 17.5 Å². The Balaban J connectivity index is 1.52. The van der Waals surface area contributed by atoms with Gasteiger partial charge in [-0.1, -0.05) is 42.5 Å². The summed E-state index contributed by atoms with van der Waals surface area (Å²) in [5.41, 5.74) is 2.13. The van der Waals surface area contributed by atoms with Crippen LogP contribution in [0.4, 0.5) is 5.69 Å². The minimum atomic E-state index is -1.40. The number of halogens is 1. The van der Waals surface area contributed by atoms with Gasteiger partial charge in [0.2, 0.25) is 11.7 Å². The summed E-state index contributed by atoms with van der Waals surface area (Å²) in [6.07, 6.45) is 5.21. The summed E-state index contributed by atoms with van der Waals surface area (Å²) >= 11 is 3.49. The van der Waals surface area contributed by atoms with Gasteiger partial charge < -0.3 is 19.4 Å². The summed E-state index contributed by atoms with van der Waals surface area (Å²) in [5.74, 6) is -1.40. The molecular weight excluding hydrogens is 572 g/mol. The molecule has 4 heterocycles. The maximum Gasteiger partial charge on any atom is 0.238 e. The predicted octanol–water partition coefficient (Wildman–Crippen LogP) is 6.03. The first-order chi connectivity index (χ1) is 19.5. The molecule has 0 bridgehead atoms. The van der Waals surface area contributed by atoms with E-state index in [9.17, 15) is 14.4 Å². The first kappa shape index (κ1) is 24.6. The number of methoxy groups -OCH3 is 1. The van der Waals surface area contributed by atoms with Crippen LogP contribution in [0.3, 0.4) is 0 Å². The monoisotopic (exact) mass is 594 g/mol. The molecule has 0 radical (unpaired) electrons.